The quantitative estimate of drug-likeness (QED) is 0.863. The molecule has 0 radical (unpaired) electrons. The standard InChI is InChI=1S/C11H17ClN2O3S/c1-9(2)14(6-3-7-15)18(16,17)11-8-13-5-4-10(11)12/h4-5,8-9,15H,3,6-7H2,1-2H3. The number of aliphatic hydroxyl groups is 1. The van der Waals surface area contributed by atoms with Gasteiger partial charge in [0.25, 0.3) is 0 Å². The summed E-state index contributed by atoms with van der Waals surface area (Å²) in [7, 11) is -3.68. The lowest BCUT2D eigenvalue weighted by molar-refractivity contribution is 0.258. The van der Waals surface area contributed by atoms with Crippen LogP contribution in [-0.2, 0) is 10.0 Å². The van der Waals surface area contributed by atoms with Gasteiger partial charge in [0.1, 0.15) is 4.90 Å². The van der Waals surface area contributed by atoms with E-state index in [-0.39, 0.29) is 29.1 Å². The molecule has 102 valence electrons. The first-order chi connectivity index (χ1) is 8.41. The van der Waals surface area contributed by atoms with E-state index >= 15 is 0 Å². The normalized spacial score (nSPS) is 12.3. The Hall–Kier alpha value is -0.690. The van der Waals surface area contributed by atoms with Gasteiger partial charge in [0.2, 0.25) is 10.0 Å². The average molecular weight is 293 g/mol. The van der Waals surface area contributed by atoms with Gasteiger partial charge < -0.3 is 5.11 Å². The molecule has 1 aromatic rings. The predicted molar refractivity (Wildman–Crippen MR) is 70.0 cm³/mol. The van der Waals surface area contributed by atoms with Crippen molar-refractivity contribution in [1.29, 1.82) is 0 Å². The van der Waals surface area contributed by atoms with Crippen molar-refractivity contribution in [2.75, 3.05) is 13.2 Å². The van der Waals surface area contributed by atoms with E-state index in [0.29, 0.717) is 6.42 Å². The van der Waals surface area contributed by atoms with Gasteiger partial charge in [-0.15, -0.1) is 0 Å². The van der Waals surface area contributed by atoms with Crippen LogP contribution in [0.2, 0.25) is 5.02 Å². The second-order valence-electron chi connectivity index (χ2n) is 4.09. The molecule has 5 nitrogen and oxygen atoms in total. The summed E-state index contributed by atoms with van der Waals surface area (Å²) in [5.41, 5.74) is 0. The van der Waals surface area contributed by atoms with Crippen LogP contribution in [0.15, 0.2) is 23.4 Å². The number of hydrogen-bond acceptors (Lipinski definition) is 4. The first-order valence-electron chi connectivity index (χ1n) is 5.63. The number of rotatable bonds is 6. The van der Waals surface area contributed by atoms with E-state index in [1.807, 2.05) is 0 Å². The second-order valence-corrected chi connectivity index (χ2v) is 6.36. The van der Waals surface area contributed by atoms with Crippen LogP contribution in [-0.4, -0.2) is 42.0 Å². The highest BCUT2D eigenvalue weighted by atomic mass is 35.5. The Morgan fingerprint density at radius 1 is 1.50 bits per heavy atom. The zero-order chi connectivity index (χ0) is 13.8. The molecule has 0 aliphatic heterocycles. The van der Waals surface area contributed by atoms with Gasteiger partial charge in [0.15, 0.2) is 0 Å². The number of hydrogen-bond donors (Lipinski definition) is 1. The SMILES string of the molecule is CC(C)N(CCCO)S(=O)(=O)c1cnccc1Cl. The van der Waals surface area contributed by atoms with Crippen molar-refractivity contribution >= 4 is 21.6 Å². The molecule has 7 heteroatoms. The van der Waals surface area contributed by atoms with Crippen LogP contribution < -0.4 is 0 Å². The fourth-order valence-electron chi connectivity index (χ4n) is 1.56. The molecule has 0 atom stereocenters. The van der Waals surface area contributed by atoms with E-state index in [1.165, 1.54) is 22.8 Å². The first kappa shape index (κ1) is 15.4. The summed E-state index contributed by atoms with van der Waals surface area (Å²) in [6.45, 7) is 3.75. The van der Waals surface area contributed by atoms with Gasteiger partial charge in [-0.05, 0) is 26.3 Å². The van der Waals surface area contributed by atoms with Crippen molar-refractivity contribution in [3.8, 4) is 0 Å². The van der Waals surface area contributed by atoms with Gasteiger partial charge in [-0.2, -0.15) is 4.31 Å². The van der Waals surface area contributed by atoms with Crippen LogP contribution in [0.3, 0.4) is 0 Å². The molecule has 1 rings (SSSR count). The van der Waals surface area contributed by atoms with Crippen LogP contribution >= 0.6 is 11.6 Å². The Labute approximate surface area is 112 Å². The summed E-state index contributed by atoms with van der Waals surface area (Å²) in [4.78, 5) is 3.79. The van der Waals surface area contributed by atoms with E-state index in [4.69, 9.17) is 16.7 Å². The van der Waals surface area contributed by atoms with Gasteiger partial charge in [-0.25, -0.2) is 8.42 Å². The van der Waals surface area contributed by atoms with Gasteiger partial charge in [0.05, 0.1) is 5.02 Å². The lowest BCUT2D eigenvalue weighted by Gasteiger charge is -2.25. The highest BCUT2D eigenvalue weighted by Crippen LogP contribution is 2.24. The Morgan fingerprint density at radius 3 is 2.67 bits per heavy atom. The smallest absolute Gasteiger partial charge is 0.246 e. The summed E-state index contributed by atoms with van der Waals surface area (Å²) < 4.78 is 26.2. The molecule has 0 aliphatic carbocycles. The molecule has 0 spiro atoms. The summed E-state index contributed by atoms with van der Waals surface area (Å²) >= 11 is 5.90. The minimum absolute atomic E-state index is 0.00157. The highest BCUT2D eigenvalue weighted by molar-refractivity contribution is 7.89. The third kappa shape index (κ3) is 3.41. The average Bonchev–Trinajstić information content (AvgIpc) is 2.29. The van der Waals surface area contributed by atoms with Crippen molar-refractivity contribution in [3.63, 3.8) is 0 Å². The molecule has 1 N–H and O–H groups in total. The van der Waals surface area contributed by atoms with E-state index in [1.54, 1.807) is 13.8 Å². The van der Waals surface area contributed by atoms with Gasteiger partial charge in [0, 0.05) is 31.6 Å². The molecule has 0 saturated carbocycles. The van der Waals surface area contributed by atoms with Gasteiger partial charge >= 0.3 is 0 Å². The van der Waals surface area contributed by atoms with Crippen LogP contribution in [0.25, 0.3) is 0 Å². The van der Waals surface area contributed by atoms with E-state index in [9.17, 15) is 8.42 Å². The molecule has 1 aromatic heterocycles. The number of sulfonamides is 1. The molecule has 1 heterocycles. The van der Waals surface area contributed by atoms with Crippen molar-refractivity contribution in [2.24, 2.45) is 0 Å². The highest BCUT2D eigenvalue weighted by Gasteiger charge is 2.28. The Morgan fingerprint density at radius 2 is 2.17 bits per heavy atom. The maximum atomic E-state index is 12.4. The third-order valence-corrected chi connectivity index (χ3v) is 4.98. The molecule has 0 amide bonds. The maximum Gasteiger partial charge on any atom is 0.246 e. The monoisotopic (exact) mass is 292 g/mol. The van der Waals surface area contributed by atoms with Crippen molar-refractivity contribution < 1.29 is 13.5 Å². The summed E-state index contributed by atoms with van der Waals surface area (Å²) in [5, 5.41) is 8.98. The number of halogens is 1. The van der Waals surface area contributed by atoms with Gasteiger partial charge in [-0.1, -0.05) is 11.6 Å². The van der Waals surface area contributed by atoms with Crippen molar-refractivity contribution in [2.45, 2.75) is 31.2 Å². The molecule has 18 heavy (non-hydrogen) atoms. The van der Waals surface area contributed by atoms with Crippen LogP contribution in [0.1, 0.15) is 20.3 Å². The molecular weight excluding hydrogens is 276 g/mol. The summed E-state index contributed by atoms with van der Waals surface area (Å²) in [5.74, 6) is 0. The number of aromatic nitrogens is 1. The molecule has 0 fully saturated rings. The zero-order valence-corrected chi connectivity index (χ0v) is 11.9. The minimum atomic E-state index is -3.68. The molecule has 0 aromatic carbocycles. The minimum Gasteiger partial charge on any atom is -0.396 e. The third-order valence-electron chi connectivity index (χ3n) is 2.43. The predicted octanol–water partition coefficient (Wildman–Crippen LogP) is 1.52. The molecular formula is C11H17ClN2O3S. The summed E-state index contributed by atoms with van der Waals surface area (Å²) in [6.07, 6.45) is 3.07. The molecule has 0 bridgehead atoms. The van der Waals surface area contributed by atoms with Crippen molar-refractivity contribution in [3.05, 3.63) is 23.5 Å². The number of pyridine rings is 1. The Balaban J connectivity index is 3.14. The first-order valence-corrected chi connectivity index (χ1v) is 7.45. The van der Waals surface area contributed by atoms with Gasteiger partial charge in [-0.3, -0.25) is 4.98 Å². The maximum absolute atomic E-state index is 12.4. The van der Waals surface area contributed by atoms with Crippen molar-refractivity contribution in [1.82, 2.24) is 9.29 Å². The molecule has 0 aliphatic rings. The largest absolute Gasteiger partial charge is 0.396 e. The fraction of sp³-hybridized carbons (Fsp3) is 0.545. The number of aliphatic hydroxyl groups excluding tert-OH is 1. The van der Waals surface area contributed by atoms with Crippen LogP contribution in [0, 0.1) is 0 Å². The van der Waals surface area contributed by atoms with Crippen LogP contribution in [0.5, 0.6) is 0 Å². The number of nitrogens with zero attached hydrogens (tertiary/aromatic N) is 2. The lowest BCUT2D eigenvalue weighted by atomic mass is 10.3. The Kier molecular flexibility index (Phi) is 5.52. The van der Waals surface area contributed by atoms with Crippen LogP contribution in [0.4, 0.5) is 0 Å². The summed E-state index contributed by atoms with van der Waals surface area (Å²) in [6, 6.07) is 1.23. The zero-order valence-electron chi connectivity index (χ0n) is 10.4. The Bertz CT molecular complexity index is 491. The van der Waals surface area contributed by atoms with E-state index < -0.39 is 10.0 Å². The second kappa shape index (κ2) is 6.47. The van der Waals surface area contributed by atoms with E-state index in [2.05, 4.69) is 4.98 Å². The molecule has 0 unspecified atom stereocenters. The van der Waals surface area contributed by atoms with E-state index in [0.717, 1.165) is 0 Å². The fourth-order valence-corrected chi connectivity index (χ4v) is 3.64. The molecule has 0 saturated heterocycles. The lowest BCUT2D eigenvalue weighted by Crippen LogP contribution is -2.38. The topological polar surface area (TPSA) is 70.5 Å².